The number of hydrogen-bond acceptors (Lipinski definition) is 6. The van der Waals surface area contributed by atoms with Gasteiger partial charge < -0.3 is 29.8 Å². The fourth-order valence-electron chi connectivity index (χ4n) is 5.91. The Labute approximate surface area is 230 Å². The number of aliphatic hydroxyl groups excluding tert-OH is 1. The lowest BCUT2D eigenvalue weighted by atomic mass is 9.98. The first kappa shape index (κ1) is 25.6. The Kier molecular flexibility index (Phi) is 6.73. The highest BCUT2D eigenvalue weighted by Crippen LogP contribution is 2.44. The van der Waals surface area contributed by atoms with Crippen molar-refractivity contribution in [3.05, 3.63) is 95.7 Å². The lowest BCUT2D eigenvalue weighted by molar-refractivity contribution is -0.151. The third-order valence-electron chi connectivity index (χ3n) is 7.87. The first-order valence-electron chi connectivity index (χ1n) is 13.2. The van der Waals surface area contributed by atoms with Crippen LogP contribution in [0.1, 0.15) is 22.6 Å². The van der Waals surface area contributed by atoms with E-state index >= 15 is 0 Å². The van der Waals surface area contributed by atoms with E-state index in [0.717, 1.165) is 38.7 Å². The smallest absolute Gasteiger partial charge is 0.407 e. The molecule has 3 atom stereocenters. The quantitative estimate of drug-likeness (QED) is 0.310. The molecule has 204 valence electrons. The van der Waals surface area contributed by atoms with E-state index in [-0.39, 0.29) is 25.5 Å². The minimum Gasteiger partial charge on any atom is -0.467 e. The number of methoxy groups -OCH3 is 1. The number of likely N-dealkylation sites (tertiary alicyclic amines) is 1. The summed E-state index contributed by atoms with van der Waals surface area (Å²) in [5.74, 6) is -1.32. The molecule has 1 aliphatic carbocycles. The summed E-state index contributed by atoms with van der Waals surface area (Å²) in [6.45, 7) is -0.0544. The van der Waals surface area contributed by atoms with Gasteiger partial charge >= 0.3 is 12.1 Å². The van der Waals surface area contributed by atoms with Crippen LogP contribution in [0, 0.1) is 0 Å². The number of H-pyrrole nitrogens is 1. The van der Waals surface area contributed by atoms with Gasteiger partial charge in [0.05, 0.1) is 13.7 Å². The second kappa shape index (κ2) is 10.5. The average Bonchev–Trinajstić information content (AvgIpc) is 3.62. The molecule has 0 bridgehead atoms. The van der Waals surface area contributed by atoms with E-state index in [4.69, 9.17) is 9.47 Å². The van der Waals surface area contributed by atoms with Crippen LogP contribution in [0.2, 0.25) is 0 Å². The fraction of sp³-hybridized carbons (Fsp3) is 0.258. The van der Waals surface area contributed by atoms with Crippen molar-refractivity contribution >= 4 is 28.9 Å². The highest BCUT2D eigenvalue weighted by molar-refractivity contribution is 5.93. The van der Waals surface area contributed by atoms with Crippen LogP contribution in [0.5, 0.6) is 0 Å². The van der Waals surface area contributed by atoms with Crippen molar-refractivity contribution in [2.45, 2.75) is 30.5 Å². The normalized spacial score (nSPS) is 18.9. The molecule has 0 spiro atoms. The topological polar surface area (TPSA) is 121 Å². The number of fused-ring (bicyclic) bond motifs is 4. The second-order valence-corrected chi connectivity index (χ2v) is 10.1. The predicted molar refractivity (Wildman–Crippen MR) is 148 cm³/mol. The molecule has 3 unspecified atom stereocenters. The molecule has 6 rings (SSSR count). The predicted octanol–water partition coefficient (Wildman–Crippen LogP) is 3.36. The number of benzene rings is 3. The van der Waals surface area contributed by atoms with Gasteiger partial charge in [-0.25, -0.2) is 9.59 Å². The molecule has 3 aromatic carbocycles. The molecular weight excluding hydrogens is 510 g/mol. The zero-order valence-electron chi connectivity index (χ0n) is 21.9. The molecule has 2 heterocycles. The zero-order valence-corrected chi connectivity index (χ0v) is 21.9. The van der Waals surface area contributed by atoms with Crippen molar-refractivity contribution in [2.24, 2.45) is 0 Å². The summed E-state index contributed by atoms with van der Waals surface area (Å²) in [4.78, 5) is 43.4. The molecule has 9 heteroatoms. The van der Waals surface area contributed by atoms with Gasteiger partial charge in [-0.1, -0.05) is 66.7 Å². The Bertz CT molecular complexity index is 1550. The molecule has 0 radical (unpaired) electrons. The number of nitrogens with one attached hydrogen (secondary N) is 2. The number of para-hydroxylation sites is 1. The summed E-state index contributed by atoms with van der Waals surface area (Å²) in [5, 5.41) is 14.2. The number of aromatic nitrogens is 1. The second-order valence-electron chi connectivity index (χ2n) is 10.1. The van der Waals surface area contributed by atoms with E-state index in [1.807, 2.05) is 72.8 Å². The van der Waals surface area contributed by atoms with E-state index in [1.54, 1.807) is 6.20 Å². The third-order valence-corrected chi connectivity index (χ3v) is 7.87. The van der Waals surface area contributed by atoms with Crippen molar-refractivity contribution in [3.8, 4) is 11.1 Å². The summed E-state index contributed by atoms with van der Waals surface area (Å²) >= 11 is 0. The number of rotatable bonds is 7. The van der Waals surface area contributed by atoms with E-state index < -0.39 is 36.2 Å². The lowest BCUT2D eigenvalue weighted by Gasteiger charge is -2.25. The van der Waals surface area contributed by atoms with Crippen LogP contribution < -0.4 is 5.32 Å². The maximum Gasteiger partial charge on any atom is 0.407 e. The fourth-order valence-corrected chi connectivity index (χ4v) is 5.91. The molecule has 40 heavy (non-hydrogen) atoms. The van der Waals surface area contributed by atoms with E-state index in [9.17, 15) is 19.5 Å². The molecule has 1 aliphatic heterocycles. The first-order chi connectivity index (χ1) is 19.5. The molecule has 9 nitrogen and oxygen atoms in total. The SMILES string of the molecule is COC(=O)C(Cc1c[nH]c2ccccc12)N1CC(O)C(NC(=O)OCC2c3ccccc3-c3ccccc32)C1=O. The third kappa shape index (κ3) is 4.48. The summed E-state index contributed by atoms with van der Waals surface area (Å²) in [6, 6.07) is 21.4. The van der Waals surface area contributed by atoms with Crippen molar-refractivity contribution < 1.29 is 29.0 Å². The van der Waals surface area contributed by atoms with Crippen LogP contribution in [0.25, 0.3) is 22.0 Å². The Morgan fingerprint density at radius 3 is 2.38 bits per heavy atom. The van der Waals surface area contributed by atoms with E-state index in [2.05, 4.69) is 10.3 Å². The van der Waals surface area contributed by atoms with Crippen LogP contribution in [0.4, 0.5) is 4.79 Å². The van der Waals surface area contributed by atoms with Crippen LogP contribution in [-0.4, -0.2) is 71.4 Å². The van der Waals surface area contributed by atoms with E-state index in [0.29, 0.717) is 0 Å². The highest BCUT2D eigenvalue weighted by Gasteiger charge is 2.46. The Morgan fingerprint density at radius 1 is 1.02 bits per heavy atom. The van der Waals surface area contributed by atoms with Gasteiger partial charge in [-0.3, -0.25) is 4.79 Å². The lowest BCUT2D eigenvalue weighted by Crippen LogP contribution is -2.49. The van der Waals surface area contributed by atoms with Gasteiger partial charge in [-0.2, -0.15) is 0 Å². The minimum absolute atomic E-state index is 0.0753. The summed E-state index contributed by atoms with van der Waals surface area (Å²) in [6.07, 6.45) is -0.0490. The minimum atomic E-state index is -1.24. The Morgan fingerprint density at radius 2 is 1.68 bits per heavy atom. The molecule has 2 amide bonds. The summed E-state index contributed by atoms with van der Waals surface area (Å²) < 4.78 is 10.6. The Hall–Kier alpha value is -4.63. The van der Waals surface area contributed by atoms with Gasteiger partial charge in [-0.15, -0.1) is 0 Å². The van der Waals surface area contributed by atoms with Gasteiger partial charge in [0.25, 0.3) is 0 Å². The molecule has 1 fully saturated rings. The maximum absolute atomic E-state index is 13.4. The summed E-state index contributed by atoms with van der Waals surface area (Å²) in [5.41, 5.74) is 6.09. The number of β-amino-alcohol motifs (C(OH)–C–C–N with tert-alkyl or cyclic N) is 1. The number of esters is 1. The average molecular weight is 540 g/mol. The standard InChI is InChI=1S/C31H29N3O6/c1-39-30(37)26(14-18-15-32-25-13-7-6-8-19(18)25)34-16-27(35)28(29(34)36)33-31(38)40-17-24-22-11-4-2-9-20(22)21-10-3-5-12-23(21)24/h2-13,15,24,26-28,32,35H,14,16-17H2,1H3,(H,33,38). The number of carbonyl (C=O) groups excluding carboxylic acids is 3. The number of aromatic amines is 1. The molecule has 3 N–H and O–H groups in total. The number of aliphatic hydroxyl groups is 1. The highest BCUT2D eigenvalue weighted by atomic mass is 16.5. The number of nitrogens with zero attached hydrogens (tertiary/aromatic N) is 1. The molecule has 2 aliphatic rings. The molecule has 1 aromatic heterocycles. The van der Waals surface area contributed by atoms with Crippen LogP contribution >= 0.6 is 0 Å². The molecule has 4 aromatic rings. The van der Waals surface area contributed by atoms with Gasteiger partial charge in [0.1, 0.15) is 24.8 Å². The first-order valence-corrected chi connectivity index (χ1v) is 13.2. The van der Waals surface area contributed by atoms with Gasteiger partial charge in [0, 0.05) is 29.4 Å². The molecule has 0 saturated carbocycles. The number of amides is 2. The number of ether oxygens (including phenoxy) is 2. The van der Waals surface area contributed by atoms with Crippen LogP contribution in [0.15, 0.2) is 79.0 Å². The monoisotopic (exact) mass is 539 g/mol. The Balaban J connectivity index is 1.14. The van der Waals surface area contributed by atoms with E-state index in [1.165, 1.54) is 12.0 Å². The number of carbonyl (C=O) groups is 3. The van der Waals surface area contributed by atoms with Crippen molar-refractivity contribution in [1.82, 2.24) is 15.2 Å². The van der Waals surface area contributed by atoms with Crippen molar-refractivity contribution in [3.63, 3.8) is 0 Å². The summed E-state index contributed by atoms with van der Waals surface area (Å²) in [7, 11) is 1.26. The van der Waals surface area contributed by atoms with Crippen molar-refractivity contribution in [2.75, 3.05) is 20.3 Å². The zero-order chi connectivity index (χ0) is 27.8. The van der Waals surface area contributed by atoms with Gasteiger partial charge in [0.2, 0.25) is 5.91 Å². The van der Waals surface area contributed by atoms with Crippen molar-refractivity contribution in [1.29, 1.82) is 0 Å². The van der Waals surface area contributed by atoms with Crippen LogP contribution in [0.3, 0.4) is 0 Å². The van der Waals surface area contributed by atoms with Gasteiger partial charge in [-0.05, 0) is 33.9 Å². The largest absolute Gasteiger partial charge is 0.467 e. The number of hydrogen-bond donors (Lipinski definition) is 3. The maximum atomic E-state index is 13.4. The molecular formula is C31H29N3O6. The van der Waals surface area contributed by atoms with Crippen LogP contribution in [-0.2, 0) is 25.5 Å². The number of alkyl carbamates (subject to hydrolysis) is 1. The van der Waals surface area contributed by atoms with Gasteiger partial charge in [0.15, 0.2) is 0 Å². The molecule has 1 saturated heterocycles.